The molecule has 0 saturated carbocycles. The van der Waals surface area contributed by atoms with Crippen molar-refractivity contribution in [3.8, 4) is 0 Å². The monoisotopic (exact) mass is 408 g/mol. The van der Waals surface area contributed by atoms with Gasteiger partial charge in [0.25, 0.3) is 0 Å². The first kappa shape index (κ1) is 17.8. The molecule has 6 rings (SSSR count). The molecule has 1 spiro atoms. The summed E-state index contributed by atoms with van der Waals surface area (Å²) >= 11 is 0. The highest BCUT2D eigenvalue weighted by Crippen LogP contribution is 2.52. The molecular formula is C22H21FN4O3. The van der Waals surface area contributed by atoms with E-state index >= 15 is 0 Å². The van der Waals surface area contributed by atoms with Crippen molar-refractivity contribution >= 4 is 11.8 Å². The highest BCUT2D eigenvalue weighted by atomic mass is 19.1. The zero-order chi connectivity index (χ0) is 20.5. The van der Waals surface area contributed by atoms with E-state index in [-0.39, 0.29) is 23.7 Å². The van der Waals surface area contributed by atoms with Crippen molar-refractivity contribution in [1.82, 2.24) is 20.0 Å². The normalized spacial score (nSPS) is 31.4. The average Bonchev–Trinajstić information content (AvgIpc) is 3.50. The molecule has 154 valence electrons. The molecule has 4 aliphatic rings. The molecule has 5 heterocycles. The van der Waals surface area contributed by atoms with Crippen molar-refractivity contribution in [3.05, 3.63) is 65.3 Å². The number of fused-ring (bicyclic) bond motifs is 2. The molecule has 8 heteroatoms. The third-order valence-corrected chi connectivity index (χ3v) is 6.86. The minimum absolute atomic E-state index is 0.0277. The fraction of sp³-hybridized carbons (Fsp3) is 0.409. The maximum Gasteiger partial charge on any atom is 0.230 e. The van der Waals surface area contributed by atoms with Crippen LogP contribution in [-0.2, 0) is 33.8 Å². The average molecular weight is 408 g/mol. The van der Waals surface area contributed by atoms with E-state index in [2.05, 4.69) is 10.2 Å². The van der Waals surface area contributed by atoms with Crippen LogP contribution >= 0.6 is 0 Å². The molecule has 1 N–H and O–H groups in total. The van der Waals surface area contributed by atoms with Crippen molar-refractivity contribution in [1.29, 1.82) is 0 Å². The highest BCUT2D eigenvalue weighted by molar-refractivity contribution is 5.93. The van der Waals surface area contributed by atoms with Crippen molar-refractivity contribution in [2.24, 2.45) is 11.8 Å². The van der Waals surface area contributed by atoms with E-state index in [4.69, 9.17) is 4.74 Å². The quantitative estimate of drug-likeness (QED) is 0.780. The van der Waals surface area contributed by atoms with E-state index in [9.17, 15) is 14.0 Å². The molecule has 1 aromatic heterocycles. The predicted molar refractivity (Wildman–Crippen MR) is 103 cm³/mol. The van der Waals surface area contributed by atoms with Gasteiger partial charge in [0.05, 0.1) is 30.7 Å². The zero-order valence-corrected chi connectivity index (χ0v) is 16.3. The van der Waals surface area contributed by atoms with Crippen molar-refractivity contribution in [2.45, 2.75) is 31.2 Å². The number of hydrogen-bond donors (Lipinski definition) is 1. The molecule has 0 unspecified atom stereocenters. The standard InChI is InChI=1S/C22H21FN4O3/c23-15-3-1-13(2-4-15)10-27-12-22-7-5-17(30-22)18(19(22)21(27)29)20(28)26-8-6-16-14(11-26)9-24-25-16/h1-5,7,9,17-19H,6,8,10-12H2,(H,24,25)/t17-,18+,19-,22-/m0/s1. The first-order valence-corrected chi connectivity index (χ1v) is 10.2. The van der Waals surface area contributed by atoms with E-state index in [1.165, 1.54) is 12.1 Å². The van der Waals surface area contributed by atoms with Crippen molar-refractivity contribution < 1.29 is 18.7 Å². The number of hydrogen-bond acceptors (Lipinski definition) is 4. The molecule has 2 amide bonds. The molecule has 7 nitrogen and oxygen atoms in total. The lowest BCUT2D eigenvalue weighted by atomic mass is 9.76. The van der Waals surface area contributed by atoms with Crippen LogP contribution in [0.4, 0.5) is 4.39 Å². The first-order chi connectivity index (χ1) is 14.5. The number of amides is 2. The number of carbonyl (C=O) groups excluding carboxylic acids is 2. The van der Waals surface area contributed by atoms with Crippen LogP contribution in [0.1, 0.15) is 16.8 Å². The number of aromatic nitrogens is 2. The molecule has 2 aromatic rings. The largest absolute Gasteiger partial charge is 0.360 e. The van der Waals surface area contributed by atoms with Gasteiger partial charge in [-0.2, -0.15) is 5.10 Å². The van der Waals surface area contributed by atoms with Gasteiger partial charge in [-0.05, 0) is 17.7 Å². The lowest BCUT2D eigenvalue weighted by Crippen LogP contribution is -2.47. The van der Waals surface area contributed by atoms with Crippen LogP contribution in [0.25, 0.3) is 0 Å². The third kappa shape index (κ3) is 2.49. The Labute approximate surface area is 172 Å². The van der Waals surface area contributed by atoms with Crippen LogP contribution < -0.4 is 0 Å². The van der Waals surface area contributed by atoms with E-state index in [1.54, 1.807) is 23.2 Å². The summed E-state index contributed by atoms with van der Waals surface area (Å²) in [5.74, 6) is -1.41. The topological polar surface area (TPSA) is 78.5 Å². The zero-order valence-electron chi connectivity index (χ0n) is 16.3. The number of carbonyl (C=O) groups is 2. The Morgan fingerprint density at radius 1 is 1.33 bits per heavy atom. The molecular weight excluding hydrogens is 387 g/mol. The minimum Gasteiger partial charge on any atom is -0.360 e. The number of nitrogens with zero attached hydrogens (tertiary/aromatic N) is 3. The second-order valence-electron chi connectivity index (χ2n) is 8.60. The lowest BCUT2D eigenvalue weighted by molar-refractivity contribution is -0.144. The fourth-order valence-corrected chi connectivity index (χ4v) is 5.43. The van der Waals surface area contributed by atoms with Crippen LogP contribution in [0.5, 0.6) is 0 Å². The number of rotatable bonds is 3. The second kappa shape index (κ2) is 6.25. The number of ether oxygens (including phenoxy) is 1. The molecule has 4 aliphatic heterocycles. The van der Waals surface area contributed by atoms with Crippen LogP contribution in [0, 0.1) is 17.7 Å². The Kier molecular flexibility index (Phi) is 3.71. The number of H-pyrrole nitrogens is 1. The summed E-state index contributed by atoms with van der Waals surface area (Å²) in [6, 6.07) is 6.15. The third-order valence-electron chi connectivity index (χ3n) is 6.86. The summed E-state index contributed by atoms with van der Waals surface area (Å²) in [6.07, 6.45) is 6.03. The number of nitrogens with one attached hydrogen (secondary N) is 1. The summed E-state index contributed by atoms with van der Waals surface area (Å²) < 4.78 is 19.4. The van der Waals surface area contributed by atoms with E-state index in [1.807, 2.05) is 17.1 Å². The Morgan fingerprint density at radius 3 is 3.00 bits per heavy atom. The van der Waals surface area contributed by atoms with Gasteiger partial charge in [-0.25, -0.2) is 4.39 Å². The highest BCUT2D eigenvalue weighted by Gasteiger charge is 2.67. The van der Waals surface area contributed by atoms with Crippen molar-refractivity contribution in [2.75, 3.05) is 13.1 Å². The Morgan fingerprint density at radius 2 is 2.17 bits per heavy atom. The van der Waals surface area contributed by atoms with Gasteiger partial charge < -0.3 is 14.5 Å². The van der Waals surface area contributed by atoms with Gasteiger partial charge >= 0.3 is 0 Å². The second-order valence-corrected chi connectivity index (χ2v) is 8.60. The van der Waals surface area contributed by atoms with Crippen LogP contribution in [-0.4, -0.2) is 56.6 Å². The molecule has 0 aliphatic carbocycles. The molecule has 2 saturated heterocycles. The minimum atomic E-state index is -0.737. The first-order valence-electron chi connectivity index (χ1n) is 10.2. The van der Waals surface area contributed by atoms with Crippen molar-refractivity contribution in [3.63, 3.8) is 0 Å². The SMILES string of the molecule is O=C([C@@H]1[C@@H]2C=C[C@@]3(CN(Cc4ccc(F)cc4)C(=O)[C@H]13)O2)N1CCc2[nH]ncc2C1. The van der Waals surface area contributed by atoms with E-state index in [0.717, 1.165) is 23.2 Å². The van der Waals surface area contributed by atoms with Gasteiger partial charge in [0.2, 0.25) is 11.8 Å². The summed E-state index contributed by atoms with van der Waals surface area (Å²) in [4.78, 5) is 30.4. The predicted octanol–water partition coefficient (Wildman–Crippen LogP) is 1.42. The molecule has 2 bridgehead atoms. The molecule has 30 heavy (non-hydrogen) atoms. The summed E-state index contributed by atoms with van der Waals surface area (Å²) in [6.45, 7) is 1.90. The van der Waals surface area contributed by atoms with E-state index < -0.39 is 17.4 Å². The molecule has 0 radical (unpaired) electrons. The van der Waals surface area contributed by atoms with Gasteiger partial charge in [-0.1, -0.05) is 24.3 Å². The smallest absolute Gasteiger partial charge is 0.230 e. The summed E-state index contributed by atoms with van der Waals surface area (Å²) in [5, 5.41) is 7.05. The molecule has 4 atom stereocenters. The number of aromatic amines is 1. The Balaban J connectivity index is 1.25. The van der Waals surface area contributed by atoms with Gasteiger partial charge in [0, 0.05) is 37.3 Å². The molecule has 2 fully saturated rings. The van der Waals surface area contributed by atoms with Gasteiger partial charge in [0.15, 0.2) is 0 Å². The number of halogens is 1. The number of likely N-dealkylation sites (tertiary alicyclic amines) is 1. The van der Waals surface area contributed by atoms with Crippen LogP contribution in [0.15, 0.2) is 42.6 Å². The van der Waals surface area contributed by atoms with Gasteiger partial charge in [-0.3, -0.25) is 14.7 Å². The van der Waals surface area contributed by atoms with Crippen LogP contribution in [0.2, 0.25) is 0 Å². The van der Waals surface area contributed by atoms with Gasteiger partial charge in [0.1, 0.15) is 11.4 Å². The van der Waals surface area contributed by atoms with E-state index in [0.29, 0.717) is 26.2 Å². The van der Waals surface area contributed by atoms with Crippen LogP contribution in [0.3, 0.4) is 0 Å². The fourth-order valence-electron chi connectivity index (χ4n) is 5.43. The molecule has 1 aromatic carbocycles. The lowest BCUT2D eigenvalue weighted by Gasteiger charge is -2.32. The maximum absolute atomic E-state index is 13.5. The Bertz CT molecular complexity index is 1060. The Hall–Kier alpha value is -3.00. The summed E-state index contributed by atoms with van der Waals surface area (Å²) in [7, 11) is 0. The maximum atomic E-state index is 13.5. The van der Waals surface area contributed by atoms with Gasteiger partial charge in [-0.15, -0.1) is 0 Å². The number of benzene rings is 1. The summed E-state index contributed by atoms with van der Waals surface area (Å²) in [5.41, 5.74) is 2.21.